The van der Waals surface area contributed by atoms with E-state index < -0.39 is 12.4 Å². The lowest BCUT2D eigenvalue weighted by atomic mass is 10.1. The maximum atomic E-state index is 12.6. The minimum atomic E-state index is -3.60. The van der Waals surface area contributed by atoms with Gasteiger partial charge in [-0.25, -0.2) is 0 Å². The zero-order chi connectivity index (χ0) is 11.1. The maximum Gasteiger partial charge on any atom is 0.586 e. The van der Waals surface area contributed by atoms with Crippen LogP contribution in [-0.4, -0.2) is 11.4 Å². The predicted molar refractivity (Wildman–Crippen MR) is 47.9 cm³/mol. The van der Waals surface area contributed by atoms with Gasteiger partial charge in [-0.1, -0.05) is 13.0 Å². The Morgan fingerprint density at radius 1 is 1.33 bits per heavy atom. The average molecular weight is 216 g/mol. The van der Waals surface area contributed by atoms with Gasteiger partial charge in [0.1, 0.15) is 0 Å². The summed E-state index contributed by atoms with van der Waals surface area (Å²) in [4.78, 5) is 0. The molecule has 1 heterocycles. The summed E-state index contributed by atoms with van der Waals surface area (Å²) in [5.74, 6) is -0.0444. The first-order valence-corrected chi connectivity index (χ1v) is 4.59. The van der Waals surface area contributed by atoms with Crippen molar-refractivity contribution in [3.05, 3.63) is 23.8 Å². The van der Waals surface area contributed by atoms with Crippen LogP contribution in [0.5, 0.6) is 11.5 Å². The predicted octanol–water partition coefficient (Wildman–Crippen LogP) is 2.45. The van der Waals surface area contributed by atoms with Gasteiger partial charge in [-0.05, 0) is 24.1 Å². The molecule has 0 spiro atoms. The molecule has 0 saturated carbocycles. The Morgan fingerprint density at radius 3 is 2.67 bits per heavy atom. The van der Waals surface area contributed by atoms with Gasteiger partial charge in [0.2, 0.25) is 0 Å². The largest absolute Gasteiger partial charge is 0.586 e. The molecule has 15 heavy (non-hydrogen) atoms. The highest BCUT2D eigenvalue weighted by atomic mass is 19.3. The van der Waals surface area contributed by atoms with Gasteiger partial charge in [0, 0.05) is 0 Å². The molecule has 1 aromatic rings. The van der Waals surface area contributed by atoms with E-state index in [1.54, 1.807) is 6.92 Å². The molecule has 1 unspecified atom stereocenters. The highest BCUT2D eigenvalue weighted by Gasteiger charge is 2.43. The lowest BCUT2D eigenvalue weighted by molar-refractivity contribution is -0.286. The number of fused-ring (bicyclic) bond motifs is 1. The lowest BCUT2D eigenvalue weighted by Gasteiger charge is -2.07. The molecule has 0 amide bonds. The van der Waals surface area contributed by atoms with E-state index >= 15 is 0 Å². The van der Waals surface area contributed by atoms with Crippen molar-refractivity contribution in [1.82, 2.24) is 0 Å². The summed E-state index contributed by atoms with van der Waals surface area (Å²) >= 11 is 0. The van der Waals surface area contributed by atoms with Crippen LogP contribution in [0.15, 0.2) is 18.2 Å². The minimum Gasteiger partial charge on any atom is -0.395 e. The number of aliphatic hydroxyl groups excluding tert-OH is 1. The van der Waals surface area contributed by atoms with Crippen molar-refractivity contribution in [3.8, 4) is 11.5 Å². The van der Waals surface area contributed by atoms with Gasteiger partial charge in [0.15, 0.2) is 11.5 Å². The van der Waals surface area contributed by atoms with Crippen molar-refractivity contribution in [1.29, 1.82) is 0 Å². The number of hydrogen-bond donors (Lipinski definition) is 1. The summed E-state index contributed by atoms with van der Waals surface area (Å²) in [5, 5.41) is 9.51. The lowest BCUT2D eigenvalue weighted by Crippen LogP contribution is -2.25. The van der Waals surface area contributed by atoms with E-state index in [0.717, 1.165) is 0 Å². The zero-order valence-electron chi connectivity index (χ0n) is 8.04. The molecule has 0 saturated heterocycles. The molecule has 1 N–H and O–H groups in total. The third-order valence-corrected chi connectivity index (χ3v) is 2.20. The molecular weight excluding hydrogens is 206 g/mol. The topological polar surface area (TPSA) is 38.7 Å². The first-order valence-electron chi connectivity index (χ1n) is 4.59. The molecule has 1 atom stereocenters. The fraction of sp³-hybridized carbons (Fsp3) is 0.400. The summed E-state index contributed by atoms with van der Waals surface area (Å²) in [6, 6.07) is 4.27. The fourth-order valence-electron chi connectivity index (χ4n) is 1.41. The molecule has 0 aliphatic carbocycles. The quantitative estimate of drug-likeness (QED) is 0.825. The van der Waals surface area contributed by atoms with E-state index in [9.17, 15) is 13.9 Å². The van der Waals surface area contributed by atoms with Crippen LogP contribution in [0.1, 0.15) is 25.0 Å². The second-order valence-electron chi connectivity index (χ2n) is 3.30. The summed E-state index contributed by atoms with van der Waals surface area (Å²) in [5.41, 5.74) is 0.539. The zero-order valence-corrected chi connectivity index (χ0v) is 8.04. The van der Waals surface area contributed by atoms with Crippen LogP contribution in [0.2, 0.25) is 0 Å². The summed E-state index contributed by atoms with van der Waals surface area (Å²) in [6.45, 7) is 1.80. The monoisotopic (exact) mass is 216 g/mol. The Hall–Kier alpha value is -1.36. The average Bonchev–Trinajstić information content (AvgIpc) is 2.49. The third-order valence-electron chi connectivity index (χ3n) is 2.20. The van der Waals surface area contributed by atoms with Gasteiger partial charge in [0.05, 0.1) is 6.10 Å². The Bertz CT molecular complexity index is 379. The summed E-state index contributed by atoms with van der Waals surface area (Å²) in [6.07, 6.45) is -3.76. The van der Waals surface area contributed by atoms with E-state index in [0.29, 0.717) is 12.0 Å². The van der Waals surface area contributed by atoms with Crippen molar-refractivity contribution in [2.45, 2.75) is 25.7 Å². The molecule has 0 bridgehead atoms. The van der Waals surface area contributed by atoms with Gasteiger partial charge < -0.3 is 14.6 Å². The van der Waals surface area contributed by atoms with Gasteiger partial charge in [-0.15, -0.1) is 8.78 Å². The molecule has 1 aliphatic heterocycles. The van der Waals surface area contributed by atoms with E-state index in [-0.39, 0.29) is 11.5 Å². The Morgan fingerprint density at radius 2 is 2.00 bits per heavy atom. The molecule has 2 rings (SSSR count). The van der Waals surface area contributed by atoms with Gasteiger partial charge in [0.25, 0.3) is 0 Å². The summed E-state index contributed by atoms with van der Waals surface area (Å²) < 4.78 is 33.8. The maximum absolute atomic E-state index is 12.6. The minimum absolute atomic E-state index is 0.00736. The first-order chi connectivity index (χ1) is 7.02. The molecule has 3 nitrogen and oxygen atoms in total. The fourth-order valence-corrected chi connectivity index (χ4v) is 1.41. The molecule has 1 aromatic carbocycles. The van der Waals surface area contributed by atoms with Crippen molar-refractivity contribution in [3.63, 3.8) is 0 Å². The molecule has 5 heteroatoms. The molecule has 0 aromatic heterocycles. The number of halogens is 2. The number of hydrogen-bond acceptors (Lipinski definition) is 3. The van der Waals surface area contributed by atoms with Crippen LogP contribution in [0.3, 0.4) is 0 Å². The number of rotatable bonds is 2. The third kappa shape index (κ3) is 1.87. The van der Waals surface area contributed by atoms with Gasteiger partial charge in [-0.2, -0.15) is 0 Å². The van der Waals surface area contributed by atoms with E-state index in [4.69, 9.17) is 0 Å². The molecule has 0 fully saturated rings. The van der Waals surface area contributed by atoms with E-state index in [1.165, 1.54) is 18.2 Å². The SMILES string of the molecule is CCC(O)c1ccc2c(c1)OC(F)(F)O2. The molecule has 0 radical (unpaired) electrons. The van der Waals surface area contributed by atoms with Crippen LogP contribution in [-0.2, 0) is 0 Å². The highest BCUT2D eigenvalue weighted by Crippen LogP contribution is 2.42. The van der Waals surface area contributed by atoms with Crippen LogP contribution in [0.4, 0.5) is 8.78 Å². The standard InChI is InChI=1S/C10H10F2O3/c1-2-7(13)6-3-4-8-9(5-6)15-10(11,12)14-8/h3-5,7,13H,2H2,1H3. The smallest absolute Gasteiger partial charge is 0.395 e. The molecular formula is C10H10F2O3. The van der Waals surface area contributed by atoms with Crippen LogP contribution in [0, 0.1) is 0 Å². The first kappa shape index (κ1) is 10.2. The second kappa shape index (κ2) is 3.34. The van der Waals surface area contributed by atoms with Gasteiger partial charge in [-0.3, -0.25) is 0 Å². The number of ether oxygens (including phenoxy) is 2. The van der Waals surface area contributed by atoms with Crippen molar-refractivity contribution >= 4 is 0 Å². The Kier molecular flexibility index (Phi) is 2.26. The number of benzene rings is 1. The van der Waals surface area contributed by atoms with Crippen LogP contribution in [0.25, 0.3) is 0 Å². The Balaban J connectivity index is 2.30. The number of aliphatic hydroxyl groups is 1. The van der Waals surface area contributed by atoms with Gasteiger partial charge >= 0.3 is 6.29 Å². The van der Waals surface area contributed by atoms with Crippen molar-refractivity contribution < 1.29 is 23.4 Å². The number of alkyl halides is 2. The van der Waals surface area contributed by atoms with Crippen LogP contribution >= 0.6 is 0 Å². The van der Waals surface area contributed by atoms with Crippen molar-refractivity contribution in [2.24, 2.45) is 0 Å². The Labute approximate surface area is 85.2 Å². The molecule has 1 aliphatic rings. The van der Waals surface area contributed by atoms with Crippen LogP contribution < -0.4 is 9.47 Å². The normalized spacial score (nSPS) is 18.9. The highest BCUT2D eigenvalue weighted by molar-refractivity contribution is 5.45. The second-order valence-corrected chi connectivity index (χ2v) is 3.30. The molecule has 82 valence electrons. The van der Waals surface area contributed by atoms with E-state index in [2.05, 4.69) is 9.47 Å². The summed E-state index contributed by atoms with van der Waals surface area (Å²) in [7, 11) is 0. The van der Waals surface area contributed by atoms with E-state index in [1.807, 2.05) is 0 Å². The van der Waals surface area contributed by atoms with Crippen molar-refractivity contribution in [2.75, 3.05) is 0 Å².